The Kier molecular flexibility index (Phi) is 4.71. The molecular weight excluding hydrogens is 258 g/mol. The summed E-state index contributed by atoms with van der Waals surface area (Å²) in [5.41, 5.74) is 5.07. The number of aryl methyl sites for hydroxylation is 2. The SMILES string of the molecule is CCCc1ccc(NCc2cn(C)nc2C(C)(C)C)cc1. The Labute approximate surface area is 128 Å². The van der Waals surface area contributed by atoms with Gasteiger partial charge in [0.1, 0.15) is 0 Å². The lowest BCUT2D eigenvalue weighted by molar-refractivity contribution is 0.549. The van der Waals surface area contributed by atoms with Crippen LogP contribution in [-0.2, 0) is 25.4 Å². The van der Waals surface area contributed by atoms with Crippen LogP contribution >= 0.6 is 0 Å². The zero-order valence-electron chi connectivity index (χ0n) is 13.9. The number of benzene rings is 1. The van der Waals surface area contributed by atoms with Crippen molar-refractivity contribution in [2.24, 2.45) is 7.05 Å². The maximum atomic E-state index is 4.61. The highest BCUT2D eigenvalue weighted by molar-refractivity contribution is 5.45. The van der Waals surface area contributed by atoms with Crippen molar-refractivity contribution in [3.8, 4) is 0 Å². The first kappa shape index (κ1) is 15.6. The Morgan fingerprint density at radius 3 is 2.38 bits per heavy atom. The molecule has 0 aliphatic rings. The first-order valence-electron chi connectivity index (χ1n) is 7.76. The third-order valence-electron chi connectivity index (χ3n) is 3.59. The Bertz CT molecular complexity index is 574. The third-order valence-corrected chi connectivity index (χ3v) is 3.59. The van der Waals surface area contributed by atoms with Gasteiger partial charge in [-0.2, -0.15) is 5.10 Å². The van der Waals surface area contributed by atoms with Gasteiger partial charge in [0.25, 0.3) is 0 Å². The number of nitrogens with zero attached hydrogens (tertiary/aromatic N) is 2. The molecule has 2 rings (SSSR count). The molecule has 3 heteroatoms. The van der Waals surface area contributed by atoms with Crippen molar-refractivity contribution in [1.29, 1.82) is 0 Å². The maximum Gasteiger partial charge on any atom is 0.0727 e. The van der Waals surface area contributed by atoms with Crippen molar-refractivity contribution in [1.82, 2.24) is 9.78 Å². The highest BCUT2D eigenvalue weighted by Gasteiger charge is 2.21. The average molecular weight is 285 g/mol. The Hall–Kier alpha value is -1.77. The van der Waals surface area contributed by atoms with Crippen molar-refractivity contribution >= 4 is 5.69 Å². The van der Waals surface area contributed by atoms with Gasteiger partial charge in [-0.15, -0.1) is 0 Å². The standard InChI is InChI=1S/C18H27N3/c1-6-7-14-8-10-16(11-9-14)19-12-15-13-21(5)20-17(15)18(2,3)4/h8-11,13,19H,6-7,12H2,1-5H3. The van der Waals surface area contributed by atoms with Gasteiger partial charge in [0.15, 0.2) is 0 Å². The van der Waals surface area contributed by atoms with Gasteiger partial charge in [0.05, 0.1) is 5.69 Å². The highest BCUT2D eigenvalue weighted by Crippen LogP contribution is 2.24. The summed E-state index contributed by atoms with van der Waals surface area (Å²) in [6, 6.07) is 8.75. The minimum Gasteiger partial charge on any atom is -0.381 e. The van der Waals surface area contributed by atoms with Crippen molar-refractivity contribution < 1.29 is 0 Å². The molecule has 1 heterocycles. The lowest BCUT2D eigenvalue weighted by Gasteiger charge is -2.18. The Morgan fingerprint density at radius 2 is 1.81 bits per heavy atom. The fourth-order valence-corrected chi connectivity index (χ4v) is 2.57. The fourth-order valence-electron chi connectivity index (χ4n) is 2.57. The second-order valence-electron chi connectivity index (χ2n) is 6.73. The van der Waals surface area contributed by atoms with Crippen molar-refractivity contribution in [3.63, 3.8) is 0 Å². The smallest absolute Gasteiger partial charge is 0.0727 e. The van der Waals surface area contributed by atoms with E-state index in [4.69, 9.17) is 0 Å². The van der Waals surface area contributed by atoms with Crippen LogP contribution in [-0.4, -0.2) is 9.78 Å². The van der Waals surface area contributed by atoms with E-state index in [0.29, 0.717) is 0 Å². The van der Waals surface area contributed by atoms with Crippen LogP contribution in [0, 0.1) is 0 Å². The maximum absolute atomic E-state index is 4.61. The summed E-state index contributed by atoms with van der Waals surface area (Å²) in [6.07, 6.45) is 4.45. The molecule has 0 unspecified atom stereocenters. The van der Waals surface area contributed by atoms with E-state index in [2.05, 4.69) is 68.6 Å². The van der Waals surface area contributed by atoms with E-state index < -0.39 is 0 Å². The van der Waals surface area contributed by atoms with E-state index in [-0.39, 0.29) is 5.41 Å². The summed E-state index contributed by atoms with van der Waals surface area (Å²) in [6.45, 7) is 9.64. The lowest BCUT2D eigenvalue weighted by atomic mass is 9.89. The van der Waals surface area contributed by atoms with Crippen molar-refractivity contribution in [2.45, 2.75) is 52.5 Å². The average Bonchev–Trinajstić information content (AvgIpc) is 2.80. The normalized spacial score (nSPS) is 11.7. The van der Waals surface area contributed by atoms with Crippen molar-refractivity contribution in [3.05, 3.63) is 47.3 Å². The van der Waals surface area contributed by atoms with Crippen molar-refractivity contribution in [2.75, 3.05) is 5.32 Å². The molecule has 0 saturated carbocycles. The van der Waals surface area contributed by atoms with Crippen LogP contribution in [0.3, 0.4) is 0 Å². The molecule has 114 valence electrons. The highest BCUT2D eigenvalue weighted by atomic mass is 15.3. The molecule has 0 saturated heterocycles. The molecule has 1 aromatic carbocycles. The molecule has 0 radical (unpaired) electrons. The summed E-state index contributed by atoms with van der Waals surface area (Å²) in [7, 11) is 1.98. The first-order valence-corrected chi connectivity index (χ1v) is 7.76. The Morgan fingerprint density at radius 1 is 1.14 bits per heavy atom. The number of nitrogens with one attached hydrogen (secondary N) is 1. The topological polar surface area (TPSA) is 29.9 Å². The molecule has 0 spiro atoms. The van der Waals surface area contributed by atoms with E-state index >= 15 is 0 Å². The van der Waals surface area contributed by atoms with Gasteiger partial charge in [-0.25, -0.2) is 0 Å². The number of hydrogen-bond acceptors (Lipinski definition) is 2. The summed E-state index contributed by atoms with van der Waals surface area (Å²) in [4.78, 5) is 0. The zero-order chi connectivity index (χ0) is 15.5. The van der Waals surface area contributed by atoms with Gasteiger partial charge < -0.3 is 5.32 Å². The predicted molar refractivity (Wildman–Crippen MR) is 89.7 cm³/mol. The minimum absolute atomic E-state index is 0.0727. The van der Waals surface area contributed by atoms with Crippen LogP contribution in [0.15, 0.2) is 30.5 Å². The molecule has 0 bridgehead atoms. The third kappa shape index (κ3) is 4.10. The molecule has 0 aliphatic carbocycles. The molecule has 0 aliphatic heterocycles. The Balaban J connectivity index is 2.06. The molecule has 2 aromatic rings. The molecule has 21 heavy (non-hydrogen) atoms. The molecular formula is C18H27N3. The van der Waals surface area contributed by atoms with E-state index in [9.17, 15) is 0 Å². The van der Waals surface area contributed by atoms with Crippen LogP contribution in [0.25, 0.3) is 0 Å². The van der Waals surface area contributed by atoms with Gasteiger partial charge in [-0.05, 0) is 24.1 Å². The number of hydrogen-bond donors (Lipinski definition) is 1. The largest absolute Gasteiger partial charge is 0.381 e. The molecule has 0 atom stereocenters. The summed E-state index contributed by atoms with van der Waals surface area (Å²) < 4.78 is 1.90. The molecule has 1 N–H and O–H groups in total. The van der Waals surface area contributed by atoms with Crippen LogP contribution < -0.4 is 5.32 Å². The van der Waals surface area contributed by atoms with E-state index in [1.54, 1.807) is 0 Å². The van der Waals surface area contributed by atoms with Gasteiger partial charge in [0, 0.05) is 36.5 Å². The van der Waals surface area contributed by atoms with Crippen LogP contribution in [0.1, 0.15) is 50.9 Å². The first-order chi connectivity index (χ1) is 9.90. The van der Waals surface area contributed by atoms with Gasteiger partial charge in [0.2, 0.25) is 0 Å². The summed E-state index contributed by atoms with van der Waals surface area (Å²) in [5, 5.41) is 8.11. The van der Waals surface area contributed by atoms with E-state index in [1.807, 2.05) is 11.7 Å². The van der Waals surface area contributed by atoms with Crippen LogP contribution in [0.2, 0.25) is 0 Å². The number of anilines is 1. The van der Waals surface area contributed by atoms with E-state index in [0.717, 1.165) is 13.0 Å². The summed E-state index contributed by atoms with van der Waals surface area (Å²) >= 11 is 0. The number of rotatable bonds is 5. The van der Waals surface area contributed by atoms with E-state index in [1.165, 1.54) is 28.9 Å². The second kappa shape index (κ2) is 6.33. The zero-order valence-corrected chi connectivity index (χ0v) is 13.9. The predicted octanol–water partition coefficient (Wildman–Crippen LogP) is 4.28. The van der Waals surface area contributed by atoms with Gasteiger partial charge >= 0.3 is 0 Å². The van der Waals surface area contributed by atoms with Crippen LogP contribution in [0.5, 0.6) is 0 Å². The van der Waals surface area contributed by atoms with Gasteiger partial charge in [-0.1, -0.05) is 46.2 Å². The molecule has 3 nitrogen and oxygen atoms in total. The molecule has 0 amide bonds. The quantitative estimate of drug-likeness (QED) is 0.888. The summed E-state index contributed by atoms with van der Waals surface area (Å²) in [5.74, 6) is 0. The minimum atomic E-state index is 0.0727. The van der Waals surface area contributed by atoms with Gasteiger partial charge in [-0.3, -0.25) is 4.68 Å². The fraction of sp³-hybridized carbons (Fsp3) is 0.500. The monoisotopic (exact) mass is 285 g/mol. The molecule has 1 aromatic heterocycles. The second-order valence-corrected chi connectivity index (χ2v) is 6.73. The lowest BCUT2D eigenvalue weighted by Crippen LogP contribution is -2.16. The number of aromatic nitrogens is 2. The molecule has 0 fully saturated rings. The van der Waals surface area contributed by atoms with Crippen LogP contribution in [0.4, 0.5) is 5.69 Å².